The van der Waals surface area contributed by atoms with E-state index in [2.05, 4.69) is 5.92 Å². The van der Waals surface area contributed by atoms with Crippen molar-refractivity contribution in [3.8, 4) is 12.3 Å². The van der Waals surface area contributed by atoms with Crippen molar-refractivity contribution in [2.24, 2.45) is 0 Å². The SMILES string of the molecule is C#CC(C)N1C(=O)C(C)=C(/C=C\CC)C1=O. The lowest BCUT2D eigenvalue weighted by Gasteiger charge is -2.17. The van der Waals surface area contributed by atoms with E-state index in [9.17, 15) is 9.59 Å². The highest BCUT2D eigenvalue weighted by Gasteiger charge is 2.36. The average Bonchev–Trinajstić information content (AvgIpc) is 2.48. The Morgan fingerprint density at radius 3 is 2.56 bits per heavy atom. The van der Waals surface area contributed by atoms with Crippen molar-refractivity contribution in [2.75, 3.05) is 0 Å². The minimum atomic E-state index is -0.498. The predicted octanol–water partition coefficient (Wildman–Crippen LogP) is 1.66. The van der Waals surface area contributed by atoms with E-state index >= 15 is 0 Å². The first-order chi connectivity index (χ1) is 7.54. The van der Waals surface area contributed by atoms with Crippen LogP contribution in [0.3, 0.4) is 0 Å². The monoisotopic (exact) mass is 217 g/mol. The molecule has 1 heterocycles. The molecule has 0 aliphatic carbocycles. The molecule has 1 aliphatic heterocycles. The molecule has 1 unspecified atom stereocenters. The van der Waals surface area contributed by atoms with Crippen molar-refractivity contribution in [1.82, 2.24) is 4.90 Å². The lowest BCUT2D eigenvalue weighted by atomic mass is 10.1. The molecule has 0 saturated heterocycles. The second-order valence-electron chi connectivity index (χ2n) is 3.67. The van der Waals surface area contributed by atoms with Crippen LogP contribution in [-0.4, -0.2) is 22.8 Å². The zero-order valence-electron chi connectivity index (χ0n) is 9.78. The fraction of sp³-hybridized carbons (Fsp3) is 0.385. The molecule has 0 bridgehead atoms. The molecule has 0 fully saturated rings. The van der Waals surface area contributed by atoms with Gasteiger partial charge in [0, 0.05) is 11.1 Å². The minimum Gasteiger partial charge on any atom is -0.269 e. The van der Waals surface area contributed by atoms with E-state index in [1.54, 1.807) is 19.9 Å². The van der Waals surface area contributed by atoms with E-state index < -0.39 is 6.04 Å². The van der Waals surface area contributed by atoms with Crippen LogP contribution in [0.5, 0.6) is 0 Å². The predicted molar refractivity (Wildman–Crippen MR) is 62.3 cm³/mol. The van der Waals surface area contributed by atoms with E-state index in [0.717, 1.165) is 11.3 Å². The Kier molecular flexibility index (Phi) is 3.68. The molecule has 0 N–H and O–H groups in total. The molecule has 1 aliphatic rings. The second kappa shape index (κ2) is 4.80. The summed E-state index contributed by atoms with van der Waals surface area (Å²) in [4.78, 5) is 24.9. The summed E-state index contributed by atoms with van der Waals surface area (Å²) in [5, 5.41) is 0. The third-order valence-corrected chi connectivity index (χ3v) is 2.54. The van der Waals surface area contributed by atoms with Gasteiger partial charge in [-0.05, 0) is 20.3 Å². The molecule has 0 spiro atoms. The van der Waals surface area contributed by atoms with Crippen LogP contribution in [0.15, 0.2) is 23.3 Å². The quantitative estimate of drug-likeness (QED) is 0.532. The summed E-state index contributed by atoms with van der Waals surface area (Å²) in [6.07, 6.45) is 9.61. The zero-order valence-corrected chi connectivity index (χ0v) is 9.78. The molecule has 1 atom stereocenters. The number of rotatable bonds is 3. The first kappa shape index (κ1) is 12.3. The molecular weight excluding hydrogens is 202 g/mol. The Bertz CT molecular complexity index is 424. The number of carbonyl (C=O) groups excluding carboxylic acids is 2. The lowest BCUT2D eigenvalue weighted by molar-refractivity contribution is -0.138. The fourth-order valence-electron chi connectivity index (χ4n) is 1.54. The number of allylic oxidation sites excluding steroid dienone is 1. The summed E-state index contributed by atoms with van der Waals surface area (Å²) >= 11 is 0. The van der Waals surface area contributed by atoms with Crippen molar-refractivity contribution in [1.29, 1.82) is 0 Å². The van der Waals surface area contributed by atoms with Gasteiger partial charge in [-0.25, -0.2) is 0 Å². The largest absolute Gasteiger partial charge is 0.269 e. The van der Waals surface area contributed by atoms with Crippen LogP contribution in [0.2, 0.25) is 0 Å². The van der Waals surface area contributed by atoms with Crippen LogP contribution in [0.1, 0.15) is 27.2 Å². The van der Waals surface area contributed by atoms with Gasteiger partial charge in [-0.2, -0.15) is 0 Å². The van der Waals surface area contributed by atoms with Gasteiger partial charge >= 0.3 is 0 Å². The van der Waals surface area contributed by atoms with Crippen LogP contribution in [0.4, 0.5) is 0 Å². The topological polar surface area (TPSA) is 37.4 Å². The highest BCUT2D eigenvalue weighted by molar-refractivity contribution is 6.20. The number of amides is 2. The van der Waals surface area contributed by atoms with Gasteiger partial charge in [0.15, 0.2) is 0 Å². The summed E-state index contributed by atoms with van der Waals surface area (Å²) in [6.45, 7) is 5.28. The van der Waals surface area contributed by atoms with E-state index in [1.807, 2.05) is 13.0 Å². The average molecular weight is 217 g/mol. The first-order valence-corrected chi connectivity index (χ1v) is 5.26. The van der Waals surface area contributed by atoms with E-state index in [0.29, 0.717) is 11.1 Å². The van der Waals surface area contributed by atoms with Gasteiger partial charge in [0.25, 0.3) is 11.8 Å². The third kappa shape index (κ3) is 1.92. The lowest BCUT2D eigenvalue weighted by Crippen LogP contribution is -2.38. The summed E-state index contributed by atoms with van der Waals surface area (Å²) in [6, 6.07) is -0.498. The van der Waals surface area contributed by atoms with Crippen LogP contribution < -0.4 is 0 Å². The van der Waals surface area contributed by atoms with Gasteiger partial charge in [-0.15, -0.1) is 6.42 Å². The maximum absolute atomic E-state index is 11.9. The summed E-state index contributed by atoms with van der Waals surface area (Å²) in [7, 11) is 0. The van der Waals surface area contributed by atoms with E-state index in [4.69, 9.17) is 6.42 Å². The minimum absolute atomic E-state index is 0.286. The number of hydrogen-bond acceptors (Lipinski definition) is 2. The second-order valence-corrected chi connectivity index (χ2v) is 3.67. The normalized spacial score (nSPS) is 18.5. The summed E-state index contributed by atoms with van der Waals surface area (Å²) in [5.41, 5.74) is 0.922. The molecule has 1 rings (SSSR count). The molecular formula is C13H15NO2. The van der Waals surface area contributed by atoms with Gasteiger partial charge < -0.3 is 0 Å². The van der Waals surface area contributed by atoms with Crippen molar-refractivity contribution < 1.29 is 9.59 Å². The molecule has 0 aromatic heterocycles. The maximum atomic E-state index is 11.9. The molecule has 0 aromatic carbocycles. The molecule has 84 valence electrons. The molecule has 2 amide bonds. The summed E-state index contributed by atoms with van der Waals surface area (Å²) < 4.78 is 0. The first-order valence-electron chi connectivity index (χ1n) is 5.26. The van der Waals surface area contributed by atoms with Gasteiger partial charge in [0.05, 0.1) is 6.04 Å². The van der Waals surface area contributed by atoms with Gasteiger partial charge in [-0.3, -0.25) is 14.5 Å². The smallest absolute Gasteiger partial charge is 0.262 e. The van der Waals surface area contributed by atoms with Crippen molar-refractivity contribution >= 4 is 11.8 Å². The Morgan fingerprint density at radius 2 is 2.06 bits per heavy atom. The van der Waals surface area contributed by atoms with Crippen LogP contribution in [-0.2, 0) is 9.59 Å². The van der Waals surface area contributed by atoms with Crippen LogP contribution in [0, 0.1) is 12.3 Å². The summed E-state index contributed by atoms with van der Waals surface area (Å²) in [5.74, 6) is 1.82. The molecule has 0 aromatic rings. The van der Waals surface area contributed by atoms with E-state index in [1.165, 1.54) is 0 Å². The van der Waals surface area contributed by atoms with E-state index in [-0.39, 0.29) is 11.8 Å². The standard InChI is InChI=1S/C13H15NO2/c1-5-7-8-11-10(4)12(15)14(13(11)16)9(3)6-2/h2,7-9H,5H2,1,3-4H3/b8-7-. The van der Waals surface area contributed by atoms with Crippen molar-refractivity contribution in [3.63, 3.8) is 0 Å². The maximum Gasteiger partial charge on any atom is 0.262 e. The van der Waals surface area contributed by atoms with Crippen molar-refractivity contribution in [3.05, 3.63) is 23.3 Å². The highest BCUT2D eigenvalue weighted by Crippen LogP contribution is 2.23. The third-order valence-electron chi connectivity index (χ3n) is 2.54. The van der Waals surface area contributed by atoms with Crippen LogP contribution in [0.25, 0.3) is 0 Å². The number of imide groups is 1. The molecule has 0 saturated carbocycles. The molecule has 0 radical (unpaired) electrons. The van der Waals surface area contributed by atoms with Crippen molar-refractivity contribution in [2.45, 2.75) is 33.2 Å². The Balaban J connectivity index is 3.07. The highest BCUT2D eigenvalue weighted by atomic mass is 16.2. The number of hydrogen-bond donors (Lipinski definition) is 0. The van der Waals surface area contributed by atoms with Gasteiger partial charge in [0.1, 0.15) is 0 Å². The van der Waals surface area contributed by atoms with Gasteiger partial charge in [-0.1, -0.05) is 25.0 Å². The Labute approximate surface area is 95.8 Å². The fourth-order valence-corrected chi connectivity index (χ4v) is 1.54. The molecule has 3 nitrogen and oxygen atoms in total. The number of nitrogens with zero attached hydrogens (tertiary/aromatic N) is 1. The zero-order chi connectivity index (χ0) is 12.3. The molecule has 16 heavy (non-hydrogen) atoms. The Morgan fingerprint density at radius 1 is 1.44 bits per heavy atom. The van der Waals surface area contributed by atoms with Crippen LogP contribution >= 0.6 is 0 Å². The molecule has 3 heteroatoms. The number of carbonyl (C=O) groups is 2. The van der Waals surface area contributed by atoms with Gasteiger partial charge in [0.2, 0.25) is 0 Å². The number of terminal acetylenes is 1. The Hall–Kier alpha value is -1.82.